The number of amides is 1. The molecular weight excluding hydrogens is 396 g/mol. The molecule has 2 rings (SSSR count). The zero-order chi connectivity index (χ0) is 22.9. The number of ether oxygens (including phenoxy) is 3. The Balaban J connectivity index is 2.46. The number of ketones is 1. The summed E-state index contributed by atoms with van der Waals surface area (Å²) in [5.74, 6) is -0.520. The molecule has 2 aromatic rings. The fraction of sp³-hybridized carbons (Fsp3) is 0.458. The predicted octanol–water partition coefficient (Wildman–Crippen LogP) is 3.76. The Morgan fingerprint density at radius 3 is 2.42 bits per heavy atom. The second-order valence-corrected chi connectivity index (χ2v) is 7.09. The highest BCUT2D eigenvalue weighted by molar-refractivity contribution is 6.06. The first-order valence-electron chi connectivity index (χ1n) is 10.5. The fourth-order valence-electron chi connectivity index (χ4n) is 3.42. The van der Waals surface area contributed by atoms with Gasteiger partial charge in [0.25, 0.3) is 5.91 Å². The largest absolute Gasteiger partial charge is 0.380 e. The Labute approximate surface area is 184 Å². The third kappa shape index (κ3) is 5.76. The molecule has 7 heteroatoms. The van der Waals surface area contributed by atoms with Gasteiger partial charge in [0.15, 0.2) is 5.60 Å². The average Bonchev–Trinajstić information content (AvgIpc) is 2.80. The van der Waals surface area contributed by atoms with Gasteiger partial charge in [0.05, 0.1) is 12.1 Å². The van der Waals surface area contributed by atoms with E-state index in [4.69, 9.17) is 14.2 Å². The maximum Gasteiger partial charge on any atom is 0.258 e. The summed E-state index contributed by atoms with van der Waals surface area (Å²) in [5.41, 5.74) is 0.404. The predicted molar refractivity (Wildman–Crippen MR) is 120 cm³/mol. The van der Waals surface area contributed by atoms with Crippen molar-refractivity contribution in [3.63, 3.8) is 0 Å². The number of methoxy groups -OCH3 is 2. The molecule has 168 valence electrons. The van der Waals surface area contributed by atoms with E-state index in [9.17, 15) is 9.59 Å². The molecule has 1 unspecified atom stereocenters. The minimum atomic E-state index is -1.30. The molecule has 1 aromatic carbocycles. The van der Waals surface area contributed by atoms with Crippen LogP contribution >= 0.6 is 0 Å². The maximum absolute atomic E-state index is 13.2. The molecule has 0 spiro atoms. The molecular formula is C24H32N2O5. The van der Waals surface area contributed by atoms with Crippen LogP contribution < -0.4 is 0 Å². The number of para-hydroxylation sites is 1. The second kappa shape index (κ2) is 11.7. The van der Waals surface area contributed by atoms with E-state index in [2.05, 4.69) is 4.98 Å². The van der Waals surface area contributed by atoms with Crippen molar-refractivity contribution >= 4 is 22.6 Å². The number of allylic oxidation sites excluding steroid dienone is 1. The van der Waals surface area contributed by atoms with Gasteiger partial charge in [-0.05, 0) is 44.6 Å². The number of pyridine rings is 1. The Hall–Kier alpha value is -2.61. The van der Waals surface area contributed by atoms with Crippen LogP contribution in [0.5, 0.6) is 0 Å². The third-order valence-electron chi connectivity index (χ3n) is 5.21. The molecule has 7 nitrogen and oxygen atoms in total. The number of rotatable bonds is 12. The lowest BCUT2D eigenvalue weighted by Crippen LogP contribution is -2.49. The molecule has 0 aliphatic heterocycles. The first kappa shape index (κ1) is 24.7. The summed E-state index contributed by atoms with van der Waals surface area (Å²) in [4.78, 5) is 32.6. The molecule has 0 N–H and O–H groups in total. The Morgan fingerprint density at radius 1 is 1.10 bits per heavy atom. The van der Waals surface area contributed by atoms with E-state index in [1.807, 2.05) is 51.1 Å². The van der Waals surface area contributed by atoms with Gasteiger partial charge in [-0.3, -0.25) is 9.59 Å². The summed E-state index contributed by atoms with van der Waals surface area (Å²) >= 11 is 0. The van der Waals surface area contributed by atoms with Crippen LogP contribution in [0.3, 0.4) is 0 Å². The molecule has 1 heterocycles. The zero-order valence-corrected chi connectivity index (χ0v) is 19.0. The van der Waals surface area contributed by atoms with E-state index in [0.29, 0.717) is 30.8 Å². The van der Waals surface area contributed by atoms with Gasteiger partial charge >= 0.3 is 0 Å². The van der Waals surface area contributed by atoms with Crippen LogP contribution in [0, 0.1) is 0 Å². The van der Waals surface area contributed by atoms with Gasteiger partial charge in [0.2, 0.25) is 5.78 Å². The number of hydrogen-bond donors (Lipinski definition) is 0. The minimum Gasteiger partial charge on any atom is -0.380 e. The van der Waals surface area contributed by atoms with Crippen molar-refractivity contribution in [2.24, 2.45) is 0 Å². The van der Waals surface area contributed by atoms with Gasteiger partial charge in [-0.25, -0.2) is 4.98 Å². The lowest BCUT2D eigenvalue weighted by molar-refractivity contribution is -0.165. The van der Waals surface area contributed by atoms with E-state index in [1.54, 1.807) is 12.0 Å². The number of fused-ring (bicyclic) bond motifs is 1. The van der Waals surface area contributed by atoms with Crippen LogP contribution in [0.15, 0.2) is 42.5 Å². The first-order chi connectivity index (χ1) is 15.0. The molecule has 1 atom stereocenters. The van der Waals surface area contributed by atoms with Gasteiger partial charge in [0, 0.05) is 38.3 Å². The monoisotopic (exact) mass is 428 g/mol. The van der Waals surface area contributed by atoms with Gasteiger partial charge < -0.3 is 19.1 Å². The van der Waals surface area contributed by atoms with Crippen LogP contribution in [0.4, 0.5) is 0 Å². The molecule has 0 aliphatic rings. The zero-order valence-electron chi connectivity index (χ0n) is 19.0. The van der Waals surface area contributed by atoms with Crippen molar-refractivity contribution in [2.75, 3.05) is 34.1 Å². The topological polar surface area (TPSA) is 78.0 Å². The normalized spacial score (nSPS) is 13.5. The van der Waals surface area contributed by atoms with Crippen LogP contribution in [-0.2, 0) is 25.6 Å². The average molecular weight is 429 g/mol. The molecule has 0 aliphatic carbocycles. The molecule has 0 radical (unpaired) electrons. The molecule has 0 saturated heterocycles. The van der Waals surface area contributed by atoms with E-state index < -0.39 is 5.60 Å². The van der Waals surface area contributed by atoms with Gasteiger partial charge in [-0.2, -0.15) is 0 Å². The van der Waals surface area contributed by atoms with E-state index in [-0.39, 0.29) is 25.1 Å². The Bertz CT molecular complexity index is 923. The Morgan fingerprint density at radius 2 is 1.81 bits per heavy atom. The summed E-state index contributed by atoms with van der Waals surface area (Å²) in [5, 5.41) is 0.929. The standard InChI is InChI=1S/C24H32N2O5/c1-6-24(31-17-30-5,23(28)26(7-2)8-3)14-13-21(27)22-19(16-29-4)15-18-11-9-10-12-20(18)25-22/h9-15H,6-8,16-17H2,1-5H3/b14-13+. The van der Waals surface area contributed by atoms with Crippen molar-refractivity contribution < 1.29 is 23.8 Å². The molecule has 31 heavy (non-hydrogen) atoms. The third-order valence-corrected chi connectivity index (χ3v) is 5.21. The first-order valence-corrected chi connectivity index (χ1v) is 10.5. The summed E-state index contributed by atoms with van der Waals surface area (Å²) in [7, 11) is 3.07. The van der Waals surface area contributed by atoms with Gasteiger partial charge in [-0.1, -0.05) is 25.1 Å². The number of aromatic nitrogens is 1. The minimum absolute atomic E-state index is 0.0669. The number of carbonyl (C=O) groups excluding carboxylic acids is 2. The van der Waals surface area contributed by atoms with E-state index >= 15 is 0 Å². The molecule has 1 amide bonds. The molecule has 1 aromatic heterocycles. The molecule has 0 fully saturated rings. The van der Waals surface area contributed by atoms with Crippen LogP contribution in [0.25, 0.3) is 10.9 Å². The van der Waals surface area contributed by atoms with Crippen molar-refractivity contribution in [3.8, 4) is 0 Å². The molecule has 0 bridgehead atoms. The number of benzene rings is 1. The quantitative estimate of drug-likeness (QED) is 0.291. The van der Waals surface area contributed by atoms with Crippen LogP contribution in [0.1, 0.15) is 43.2 Å². The highest BCUT2D eigenvalue weighted by Crippen LogP contribution is 2.24. The van der Waals surface area contributed by atoms with E-state index in [1.165, 1.54) is 19.3 Å². The summed E-state index contributed by atoms with van der Waals surface area (Å²) in [6.07, 6.45) is 3.25. The number of nitrogens with zero attached hydrogens (tertiary/aromatic N) is 2. The maximum atomic E-state index is 13.2. The Kier molecular flexibility index (Phi) is 9.30. The number of hydrogen-bond acceptors (Lipinski definition) is 6. The summed E-state index contributed by atoms with van der Waals surface area (Å²) in [6, 6.07) is 9.49. The van der Waals surface area contributed by atoms with Crippen LogP contribution in [0.2, 0.25) is 0 Å². The van der Waals surface area contributed by atoms with Crippen LogP contribution in [-0.4, -0.2) is 61.3 Å². The van der Waals surface area contributed by atoms with Gasteiger partial charge in [0.1, 0.15) is 12.5 Å². The van der Waals surface area contributed by atoms with Crippen molar-refractivity contribution in [2.45, 2.75) is 39.4 Å². The lowest BCUT2D eigenvalue weighted by Gasteiger charge is -2.33. The van der Waals surface area contributed by atoms with Crippen molar-refractivity contribution in [3.05, 3.63) is 53.7 Å². The summed E-state index contributed by atoms with van der Waals surface area (Å²) < 4.78 is 16.1. The smallest absolute Gasteiger partial charge is 0.258 e. The fourth-order valence-corrected chi connectivity index (χ4v) is 3.42. The van der Waals surface area contributed by atoms with Gasteiger partial charge in [-0.15, -0.1) is 0 Å². The molecule has 0 saturated carbocycles. The highest BCUT2D eigenvalue weighted by atomic mass is 16.7. The SMILES string of the molecule is CCN(CC)C(=O)C(/C=C/C(=O)c1nc2ccccc2cc1COC)(CC)OCOC. The van der Waals surface area contributed by atoms with E-state index in [0.717, 1.165) is 10.9 Å². The summed E-state index contributed by atoms with van der Waals surface area (Å²) in [6.45, 7) is 6.92. The second-order valence-electron chi connectivity index (χ2n) is 7.09. The number of carbonyl (C=O) groups is 2. The number of likely N-dealkylation sites (N-methyl/N-ethyl adjacent to an activating group) is 1. The van der Waals surface area contributed by atoms with Crippen molar-refractivity contribution in [1.29, 1.82) is 0 Å². The highest BCUT2D eigenvalue weighted by Gasteiger charge is 2.38. The van der Waals surface area contributed by atoms with Crippen molar-refractivity contribution in [1.82, 2.24) is 9.88 Å². The lowest BCUT2D eigenvalue weighted by atomic mass is 9.96.